The first-order valence-electron chi connectivity index (χ1n) is 7.79. The predicted molar refractivity (Wildman–Crippen MR) is 107 cm³/mol. The summed E-state index contributed by atoms with van der Waals surface area (Å²) in [6.45, 7) is 1.54. The molecular formula is C21H17IN2. The molecule has 0 atom stereocenters. The van der Waals surface area contributed by atoms with E-state index in [1.54, 1.807) is 0 Å². The summed E-state index contributed by atoms with van der Waals surface area (Å²) < 4.78 is 1.24. The zero-order valence-electron chi connectivity index (χ0n) is 13.2. The van der Waals surface area contributed by atoms with Gasteiger partial charge in [0.15, 0.2) is 0 Å². The number of halogens is 1. The van der Waals surface area contributed by atoms with Crippen molar-refractivity contribution < 1.29 is 0 Å². The average molecular weight is 424 g/mol. The summed E-state index contributed by atoms with van der Waals surface area (Å²) in [5.74, 6) is 0. The van der Waals surface area contributed by atoms with Crippen molar-refractivity contribution in [2.45, 2.75) is 13.1 Å². The minimum absolute atomic E-state index is 0.708. The molecule has 0 aromatic heterocycles. The fourth-order valence-corrected chi connectivity index (χ4v) is 3.26. The molecule has 0 aliphatic heterocycles. The Hall–Kier alpha value is -2.32. The van der Waals surface area contributed by atoms with Gasteiger partial charge in [-0.3, -0.25) is 0 Å². The highest BCUT2D eigenvalue weighted by molar-refractivity contribution is 14.1. The summed E-state index contributed by atoms with van der Waals surface area (Å²) in [5.41, 5.74) is 4.18. The zero-order valence-corrected chi connectivity index (χ0v) is 15.3. The van der Waals surface area contributed by atoms with Crippen LogP contribution >= 0.6 is 22.6 Å². The number of anilines is 1. The molecule has 3 aromatic rings. The minimum atomic E-state index is 0.708. The van der Waals surface area contributed by atoms with E-state index in [0.29, 0.717) is 5.56 Å². The second-order valence-electron chi connectivity index (χ2n) is 5.56. The van der Waals surface area contributed by atoms with Crippen LogP contribution in [0.3, 0.4) is 0 Å². The standard InChI is InChI=1S/C21H17IN2/c22-20-12-6-4-11-19(20)16-24(15-17-8-2-1-3-9-17)21-13-7-5-10-18(21)14-23/h1-13H,15-16H2. The third-order valence-electron chi connectivity index (χ3n) is 3.90. The predicted octanol–water partition coefficient (Wildman–Crippen LogP) is 5.37. The molecule has 3 aromatic carbocycles. The quantitative estimate of drug-likeness (QED) is 0.515. The Morgan fingerprint density at radius 2 is 1.46 bits per heavy atom. The summed E-state index contributed by atoms with van der Waals surface area (Å²) in [6.07, 6.45) is 0. The molecule has 0 spiro atoms. The van der Waals surface area contributed by atoms with Gasteiger partial charge in [-0.2, -0.15) is 5.26 Å². The number of para-hydroxylation sites is 1. The molecule has 3 rings (SSSR count). The molecule has 118 valence electrons. The van der Waals surface area contributed by atoms with Gasteiger partial charge in [0.1, 0.15) is 6.07 Å². The van der Waals surface area contributed by atoms with Gasteiger partial charge >= 0.3 is 0 Å². The van der Waals surface area contributed by atoms with Crippen LogP contribution in [0.25, 0.3) is 0 Å². The Balaban J connectivity index is 1.98. The molecule has 2 nitrogen and oxygen atoms in total. The lowest BCUT2D eigenvalue weighted by molar-refractivity contribution is 0.796. The first-order chi connectivity index (χ1) is 11.8. The first-order valence-corrected chi connectivity index (χ1v) is 8.87. The molecular weight excluding hydrogens is 407 g/mol. The van der Waals surface area contributed by atoms with E-state index in [2.05, 4.69) is 82.1 Å². The molecule has 0 saturated carbocycles. The van der Waals surface area contributed by atoms with Crippen LogP contribution < -0.4 is 4.90 Å². The summed E-state index contributed by atoms with van der Waals surface area (Å²) in [5, 5.41) is 9.48. The second kappa shape index (κ2) is 7.98. The van der Waals surface area contributed by atoms with Gasteiger partial charge in [0, 0.05) is 16.7 Å². The first kappa shape index (κ1) is 16.5. The molecule has 0 bridgehead atoms. The number of benzene rings is 3. The van der Waals surface area contributed by atoms with Crippen LogP contribution in [0.1, 0.15) is 16.7 Å². The van der Waals surface area contributed by atoms with Gasteiger partial charge in [-0.05, 0) is 51.9 Å². The van der Waals surface area contributed by atoms with E-state index in [0.717, 1.165) is 18.8 Å². The molecule has 24 heavy (non-hydrogen) atoms. The van der Waals surface area contributed by atoms with E-state index < -0.39 is 0 Å². The van der Waals surface area contributed by atoms with E-state index in [9.17, 15) is 5.26 Å². The molecule has 0 aliphatic rings. The van der Waals surface area contributed by atoms with Crippen LogP contribution in [0, 0.1) is 14.9 Å². The van der Waals surface area contributed by atoms with Gasteiger partial charge in [-0.15, -0.1) is 0 Å². The van der Waals surface area contributed by atoms with Crippen LogP contribution in [0.2, 0.25) is 0 Å². The van der Waals surface area contributed by atoms with Crippen molar-refractivity contribution in [1.29, 1.82) is 5.26 Å². The Morgan fingerprint density at radius 1 is 0.792 bits per heavy atom. The summed E-state index contributed by atoms with van der Waals surface area (Å²) >= 11 is 2.37. The maximum absolute atomic E-state index is 9.48. The van der Waals surface area contributed by atoms with Crippen molar-refractivity contribution >= 4 is 28.3 Å². The molecule has 0 heterocycles. The van der Waals surface area contributed by atoms with E-state index in [4.69, 9.17) is 0 Å². The van der Waals surface area contributed by atoms with Crippen LogP contribution in [0.4, 0.5) is 5.69 Å². The number of hydrogen-bond acceptors (Lipinski definition) is 2. The van der Waals surface area contributed by atoms with Crippen LogP contribution in [-0.4, -0.2) is 0 Å². The highest BCUT2D eigenvalue weighted by atomic mass is 127. The van der Waals surface area contributed by atoms with Crippen LogP contribution in [-0.2, 0) is 13.1 Å². The summed E-state index contributed by atoms with van der Waals surface area (Å²) in [4.78, 5) is 2.27. The lowest BCUT2D eigenvalue weighted by Crippen LogP contribution is -2.23. The van der Waals surface area contributed by atoms with Gasteiger partial charge in [0.05, 0.1) is 11.3 Å². The number of rotatable bonds is 5. The van der Waals surface area contributed by atoms with Gasteiger partial charge in [0.25, 0.3) is 0 Å². The fraction of sp³-hybridized carbons (Fsp3) is 0.0952. The van der Waals surface area contributed by atoms with Crippen LogP contribution in [0.5, 0.6) is 0 Å². The Kier molecular flexibility index (Phi) is 5.50. The van der Waals surface area contributed by atoms with E-state index >= 15 is 0 Å². The van der Waals surface area contributed by atoms with Gasteiger partial charge in [0.2, 0.25) is 0 Å². The minimum Gasteiger partial charge on any atom is -0.362 e. The highest BCUT2D eigenvalue weighted by Crippen LogP contribution is 2.25. The Labute approximate surface area is 156 Å². The number of hydrogen-bond donors (Lipinski definition) is 0. The highest BCUT2D eigenvalue weighted by Gasteiger charge is 2.13. The molecule has 0 radical (unpaired) electrons. The summed E-state index contributed by atoms with van der Waals surface area (Å²) in [6, 6.07) is 28.9. The average Bonchev–Trinajstić information content (AvgIpc) is 2.64. The Bertz CT molecular complexity index is 853. The van der Waals surface area contributed by atoms with Gasteiger partial charge in [-0.25, -0.2) is 0 Å². The molecule has 0 N–H and O–H groups in total. The van der Waals surface area contributed by atoms with Crippen molar-refractivity contribution in [1.82, 2.24) is 0 Å². The van der Waals surface area contributed by atoms with Crippen molar-refractivity contribution in [2.24, 2.45) is 0 Å². The second-order valence-corrected chi connectivity index (χ2v) is 6.72. The third kappa shape index (κ3) is 3.95. The number of nitrogens with zero attached hydrogens (tertiary/aromatic N) is 2. The molecule has 0 aliphatic carbocycles. The SMILES string of the molecule is N#Cc1ccccc1N(Cc1ccccc1)Cc1ccccc1I. The normalized spacial score (nSPS) is 10.2. The van der Waals surface area contributed by atoms with E-state index in [1.165, 1.54) is 14.7 Å². The lowest BCUT2D eigenvalue weighted by Gasteiger charge is -2.26. The fourth-order valence-electron chi connectivity index (χ4n) is 2.71. The van der Waals surface area contributed by atoms with Crippen molar-refractivity contribution in [3.63, 3.8) is 0 Å². The molecule has 3 heteroatoms. The lowest BCUT2D eigenvalue weighted by atomic mass is 10.1. The Morgan fingerprint density at radius 3 is 2.21 bits per heavy atom. The monoisotopic (exact) mass is 424 g/mol. The maximum atomic E-state index is 9.48. The molecule has 0 saturated heterocycles. The van der Waals surface area contributed by atoms with Crippen molar-refractivity contribution in [3.8, 4) is 6.07 Å². The molecule has 0 amide bonds. The van der Waals surface area contributed by atoms with E-state index in [1.807, 2.05) is 30.3 Å². The smallest absolute Gasteiger partial charge is 0.101 e. The third-order valence-corrected chi connectivity index (χ3v) is 4.95. The topological polar surface area (TPSA) is 27.0 Å². The zero-order chi connectivity index (χ0) is 16.8. The largest absolute Gasteiger partial charge is 0.362 e. The van der Waals surface area contributed by atoms with Crippen LogP contribution in [0.15, 0.2) is 78.9 Å². The molecule has 0 fully saturated rings. The van der Waals surface area contributed by atoms with Crippen molar-refractivity contribution in [2.75, 3.05) is 4.90 Å². The van der Waals surface area contributed by atoms with Crippen molar-refractivity contribution in [3.05, 3.63) is 99.1 Å². The van der Waals surface area contributed by atoms with Gasteiger partial charge in [-0.1, -0.05) is 60.7 Å². The maximum Gasteiger partial charge on any atom is 0.101 e. The summed E-state index contributed by atoms with van der Waals surface area (Å²) in [7, 11) is 0. The van der Waals surface area contributed by atoms with E-state index in [-0.39, 0.29) is 0 Å². The number of nitriles is 1. The van der Waals surface area contributed by atoms with Gasteiger partial charge < -0.3 is 4.90 Å². The molecule has 0 unspecified atom stereocenters.